The van der Waals surface area contributed by atoms with Gasteiger partial charge in [-0.15, -0.1) is 11.8 Å². The smallest absolute Gasteiger partial charge is 0.338 e. The van der Waals surface area contributed by atoms with Gasteiger partial charge in [-0.05, 0) is 52.6 Å². The molecule has 0 bridgehead atoms. The van der Waals surface area contributed by atoms with Gasteiger partial charge in [0.1, 0.15) is 12.7 Å². The molecule has 1 heterocycles. The van der Waals surface area contributed by atoms with Crippen molar-refractivity contribution in [1.82, 2.24) is 0 Å². The summed E-state index contributed by atoms with van der Waals surface area (Å²) < 4.78 is 11.5. The molecular weight excluding hydrogens is 456 g/mol. The van der Waals surface area contributed by atoms with Crippen molar-refractivity contribution in [2.75, 3.05) is 6.61 Å². The van der Waals surface area contributed by atoms with E-state index in [-0.39, 0.29) is 29.9 Å². The Bertz CT molecular complexity index is 1330. The Morgan fingerprint density at radius 3 is 2.20 bits per heavy atom. The van der Waals surface area contributed by atoms with Crippen LogP contribution in [0.5, 0.6) is 0 Å². The van der Waals surface area contributed by atoms with E-state index >= 15 is 0 Å². The Kier molecular flexibility index (Phi) is 6.87. The molecule has 1 aliphatic heterocycles. The monoisotopic (exact) mass is 482 g/mol. The lowest BCUT2D eigenvalue weighted by atomic mass is 10.0. The number of fused-ring (bicyclic) bond motifs is 1. The molecule has 5 rings (SSSR count). The van der Waals surface area contributed by atoms with Crippen LogP contribution in [0.4, 0.5) is 0 Å². The number of esters is 2. The van der Waals surface area contributed by atoms with E-state index < -0.39 is 0 Å². The van der Waals surface area contributed by atoms with Crippen LogP contribution in [-0.2, 0) is 9.47 Å². The number of rotatable bonds is 6. The quantitative estimate of drug-likeness (QED) is 0.284. The van der Waals surface area contributed by atoms with Crippen LogP contribution in [0.2, 0.25) is 0 Å². The van der Waals surface area contributed by atoms with Gasteiger partial charge in [0.05, 0.1) is 16.4 Å². The number of ether oxygens (including phenoxy) is 2. The van der Waals surface area contributed by atoms with Gasteiger partial charge in [0.25, 0.3) is 0 Å². The summed E-state index contributed by atoms with van der Waals surface area (Å²) in [6.07, 6.45) is 0.431. The fraction of sp³-hybridized carbons (Fsp3) is 0.200. The third-order valence-corrected chi connectivity index (χ3v) is 7.68. The summed E-state index contributed by atoms with van der Waals surface area (Å²) in [5.41, 5.74) is 3.18. The molecule has 1 unspecified atom stereocenters. The first kappa shape index (κ1) is 23.2. The van der Waals surface area contributed by atoms with Gasteiger partial charge in [-0.25, -0.2) is 9.59 Å². The van der Waals surface area contributed by atoms with Gasteiger partial charge >= 0.3 is 11.9 Å². The van der Waals surface area contributed by atoms with E-state index in [1.54, 1.807) is 30.0 Å². The lowest BCUT2D eigenvalue weighted by Crippen LogP contribution is -2.29. The molecule has 4 nitrogen and oxygen atoms in total. The molecule has 176 valence electrons. The summed E-state index contributed by atoms with van der Waals surface area (Å²) in [6, 6.07) is 30.9. The molecule has 1 saturated heterocycles. The molecule has 35 heavy (non-hydrogen) atoms. The lowest BCUT2D eigenvalue weighted by molar-refractivity contribution is 0.0214. The average molecular weight is 483 g/mol. The largest absolute Gasteiger partial charge is 0.461 e. The molecular formula is C30H26O4S. The second-order valence-corrected chi connectivity index (χ2v) is 10.5. The molecule has 0 spiro atoms. The molecule has 4 aromatic rings. The molecule has 0 saturated carbocycles. The van der Waals surface area contributed by atoms with Crippen LogP contribution in [-0.4, -0.2) is 35.1 Å². The first-order valence-corrected chi connectivity index (χ1v) is 12.7. The van der Waals surface area contributed by atoms with E-state index in [9.17, 15) is 9.59 Å². The molecule has 0 aliphatic carbocycles. The van der Waals surface area contributed by atoms with Crippen molar-refractivity contribution in [2.24, 2.45) is 0 Å². The highest BCUT2D eigenvalue weighted by molar-refractivity contribution is 8.00. The highest BCUT2D eigenvalue weighted by Crippen LogP contribution is 2.36. The maximum Gasteiger partial charge on any atom is 0.338 e. The fourth-order valence-corrected chi connectivity index (χ4v) is 5.77. The number of carbonyl (C=O) groups excluding carboxylic acids is 2. The summed E-state index contributed by atoms with van der Waals surface area (Å²) >= 11 is 1.70. The zero-order valence-electron chi connectivity index (χ0n) is 19.4. The van der Waals surface area contributed by atoms with Gasteiger partial charge < -0.3 is 9.47 Å². The minimum atomic E-state index is -0.371. The second kappa shape index (κ2) is 10.4. The molecule has 0 amide bonds. The number of thioether (sulfide) groups is 1. The van der Waals surface area contributed by atoms with Crippen molar-refractivity contribution in [1.29, 1.82) is 0 Å². The Hall–Kier alpha value is -3.57. The molecule has 1 aliphatic rings. The highest BCUT2D eigenvalue weighted by Gasteiger charge is 2.36. The maximum atomic E-state index is 12.9. The van der Waals surface area contributed by atoms with Crippen LogP contribution in [0.3, 0.4) is 0 Å². The summed E-state index contributed by atoms with van der Waals surface area (Å²) in [7, 11) is 0. The maximum absolute atomic E-state index is 12.9. The highest BCUT2D eigenvalue weighted by atomic mass is 32.2. The van der Waals surface area contributed by atoms with E-state index in [0.717, 1.165) is 28.3 Å². The predicted molar refractivity (Wildman–Crippen MR) is 141 cm³/mol. The lowest BCUT2D eigenvalue weighted by Gasteiger charge is -2.19. The summed E-state index contributed by atoms with van der Waals surface area (Å²) in [5.74, 6) is -0.715. The van der Waals surface area contributed by atoms with Crippen molar-refractivity contribution in [3.63, 3.8) is 0 Å². The van der Waals surface area contributed by atoms with E-state index in [1.807, 2.05) is 78.9 Å². The minimum Gasteiger partial charge on any atom is -0.461 e. The van der Waals surface area contributed by atoms with Crippen LogP contribution in [0.1, 0.15) is 34.1 Å². The molecule has 0 aromatic heterocycles. The Balaban J connectivity index is 1.20. The van der Waals surface area contributed by atoms with Gasteiger partial charge in [-0.1, -0.05) is 79.7 Å². The van der Waals surface area contributed by atoms with Crippen molar-refractivity contribution >= 4 is 34.5 Å². The van der Waals surface area contributed by atoms with Gasteiger partial charge in [0.2, 0.25) is 0 Å². The van der Waals surface area contributed by atoms with Crippen molar-refractivity contribution in [3.05, 3.63) is 108 Å². The first-order valence-electron chi connectivity index (χ1n) is 11.7. The number of hydrogen-bond donors (Lipinski definition) is 0. The zero-order valence-corrected chi connectivity index (χ0v) is 20.2. The number of carbonyl (C=O) groups is 2. The van der Waals surface area contributed by atoms with E-state index in [2.05, 4.69) is 6.92 Å². The topological polar surface area (TPSA) is 52.6 Å². The molecule has 5 heteroatoms. The third kappa shape index (κ3) is 5.41. The number of benzene rings is 4. The predicted octanol–water partition coefficient (Wildman–Crippen LogP) is 6.78. The Morgan fingerprint density at radius 2 is 1.43 bits per heavy atom. The van der Waals surface area contributed by atoms with Crippen LogP contribution in [0.25, 0.3) is 21.9 Å². The Morgan fingerprint density at radius 1 is 0.771 bits per heavy atom. The summed E-state index contributed by atoms with van der Waals surface area (Å²) in [4.78, 5) is 25.5. The Labute approximate surface area is 209 Å². The van der Waals surface area contributed by atoms with Crippen LogP contribution in [0.15, 0.2) is 97.1 Å². The third-order valence-electron chi connectivity index (χ3n) is 6.24. The van der Waals surface area contributed by atoms with Crippen LogP contribution in [0, 0.1) is 0 Å². The van der Waals surface area contributed by atoms with Crippen molar-refractivity contribution < 1.29 is 19.1 Å². The first-order chi connectivity index (χ1) is 17.1. The minimum absolute atomic E-state index is 0.0954. The molecule has 1 fully saturated rings. The van der Waals surface area contributed by atoms with E-state index in [0.29, 0.717) is 16.4 Å². The van der Waals surface area contributed by atoms with Gasteiger partial charge in [0.15, 0.2) is 0 Å². The molecule has 0 N–H and O–H groups in total. The fourth-order valence-electron chi connectivity index (χ4n) is 4.38. The average Bonchev–Trinajstić information content (AvgIpc) is 3.26. The van der Waals surface area contributed by atoms with Crippen LogP contribution >= 0.6 is 11.8 Å². The number of hydrogen-bond acceptors (Lipinski definition) is 5. The van der Waals surface area contributed by atoms with Gasteiger partial charge in [-0.2, -0.15) is 0 Å². The zero-order chi connectivity index (χ0) is 24.2. The summed E-state index contributed by atoms with van der Waals surface area (Å²) in [6.45, 7) is 2.30. The second-order valence-electron chi connectivity index (χ2n) is 8.77. The standard InChI is InChI=1S/C30H26O4S/c1-20-17-27(34-30(32)26-16-13-22-9-5-6-10-25(22)18-26)28(35-20)19-33-29(31)24-14-11-23(12-15-24)21-7-3-2-4-8-21/h2-16,18,20,27-28H,17,19H2,1H3/t20?,27-,28-/m1/s1. The van der Waals surface area contributed by atoms with Crippen molar-refractivity contribution in [3.8, 4) is 11.1 Å². The molecule has 4 aromatic carbocycles. The van der Waals surface area contributed by atoms with Crippen molar-refractivity contribution in [2.45, 2.75) is 29.9 Å². The van der Waals surface area contributed by atoms with E-state index in [4.69, 9.17) is 9.47 Å². The van der Waals surface area contributed by atoms with Gasteiger partial charge in [-0.3, -0.25) is 0 Å². The molecule has 3 atom stereocenters. The summed E-state index contributed by atoms with van der Waals surface area (Å²) in [5, 5.41) is 2.30. The SMILES string of the molecule is CC1C[C@@H](OC(=O)c2ccc3ccccc3c2)[C@@H](COC(=O)c2ccc(-c3ccccc3)cc2)S1. The molecule has 0 radical (unpaired) electrons. The normalized spacial score (nSPS) is 19.4. The van der Waals surface area contributed by atoms with Crippen LogP contribution < -0.4 is 0 Å². The van der Waals surface area contributed by atoms with E-state index in [1.165, 1.54) is 0 Å². The van der Waals surface area contributed by atoms with Gasteiger partial charge in [0, 0.05) is 5.25 Å².